The lowest BCUT2D eigenvalue weighted by Gasteiger charge is -2.02. The number of hydrogen-bond donors (Lipinski definition) is 1. The highest BCUT2D eigenvalue weighted by Crippen LogP contribution is 2.10. The highest BCUT2D eigenvalue weighted by molar-refractivity contribution is 9.11. The molecule has 0 heterocycles. The molecule has 1 aromatic rings. The van der Waals surface area contributed by atoms with Crippen molar-refractivity contribution >= 4 is 27.5 Å². The number of nitrogens with one attached hydrogen (secondary N) is 1. The standard InChI is InChI=1S/C10H10BrNO/c1-8(11)7-10(13)12-9-5-3-2-4-6-9/h2-6H,1,7H2,(H,12,13). The molecule has 2 nitrogen and oxygen atoms in total. The normalized spacial score (nSPS) is 9.31. The molecule has 13 heavy (non-hydrogen) atoms. The predicted octanol–water partition coefficient (Wildman–Crippen LogP) is 2.92. The van der Waals surface area contributed by atoms with E-state index in [1.165, 1.54) is 0 Å². The number of benzene rings is 1. The van der Waals surface area contributed by atoms with Crippen LogP contribution in [0.3, 0.4) is 0 Å². The van der Waals surface area contributed by atoms with E-state index in [4.69, 9.17) is 0 Å². The lowest BCUT2D eigenvalue weighted by atomic mass is 10.3. The number of carbonyl (C=O) groups is 1. The third kappa shape index (κ3) is 3.90. The van der Waals surface area contributed by atoms with Crippen molar-refractivity contribution in [3.8, 4) is 0 Å². The molecule has 1 aromatic carbocycles. The molecule has 0 atom stereocenters. The Balaban J connectivity index is 2.50. The summed E-state index contributed by atoms with van der Waals surface area (Å²) in [7, 11) is 0. The van der Waals surface area contributed by atoms with E-state index in [1.54, 1.807) is 0 Å². The fourth-order valence-electron chi connectivity index (χ4n) is 0.901. The minimum atomic E-state index is -0.0620. The Kier molecular flexibility index (Phi) is 3.71. The van der Waals surface area contributed by atoms with Gasteiger partial charge in [0.15, 0.2) is 0 Å². The molecule has 0 aliphatic heterocycles. The predicted molar refractivity (Wildman–Crippen MR) is 57.8 cm³/mol. The van der Waals surface area contributed by atoms with Crippen LogP contribution in [0.5, 0.6) is 0 Å². The maximum atomic E-state index is 11.2. The van der Waals surface area contributed by atoms with Crippen molar-refractivity contribution in [2.24, 2.45) is 0 Å². The lowest BCUT2D eigenvalue weighted by Crippen LogP contribution is -2.10. The zero-order valence-corrected chi connectivity index (χ0v) is 8.67. The molecule has 3 heteroatoms. The molecule has 0 bridgehead atoms. The molecule has 0 saturated heterocycles. The van der Waals surface area contributed by atoms with Crippen LogP contribution in [0.2, 0.25) is 0 Å². The molecule has 1 amide bonds. The van der Waals surface area contributed by atoms with E-state index in [0.717, 1.165) is 5.69 Å². The van der Waals surface area contributed by atoms with Gasteiger partial charge in [0.2, 0.25) is 5.91 Å². The van der Waals surface area contributed by atoms with E-state index in [9.17, 15) is 4.79 Å². The third-order valence-corrected chi connectivity index (χ3v) is 1.69. The van der Waals surface area contributed by atoms with Gasteiger partial charge in [-0.2, -0.15) is 0 Å². The Labute approximate surface area is 85.8 Å². The van der Waals surface area contributed by atoms with Gasteiger partial charge >= 0.3 is 0 Å². The van der Waals surface area contributed by atoms with Crippen LogP contribution in [0.15, 0.2) is 41.4 Å². The molecule has 0 fully saturated rings. The largest absolute Gasteiger partial charge is 0.326 e. The van der Waals surface area contributed by atoms with Crippen molar-refractivity contribution in [1.29, 1.82) is 0 Å². The van der Waals surface area contributed by atoms with Gasteiger partial charge in [0, 0.05) is 5.69 Å². The molecule has 68 valence electrons. The van der Waals surface area contributed by atoms with Crippen molar-refractivity contribution in [3.05, 3.63) is 41.4 Å². The number of halogens is 1. The van der Waals surface area contributed by atoms with E-state index >= 15 is 0 Å². The summed E-state index contributed by atoms with van der Waals surface area (Å²) < 4.78 is 0.681. The topological polar surface area (TPSA) is 29.1 Å². The summed E-state index contributed by atoms with van der Waals surface area (Å²) >= 11 is 3.13. The van der Waals surface area contributed by atoms with Crippen molar-refractivity contribution in [2.45, 2.75) is 6.42 Å². The first-order valence-electron chi connectivity index (χ1n) is 3.86. The van der Waals surface area contributed by atoms with Crippen LogP contribution in [0, 0.1) is 0 Å². The fourth-order valence-corrected chi connectivity index (χ4v) is 1.16. The van der Waals surface area contributed by atoms with E-state index in [-0.39, 0.29) is 5.91 Å². The minimum Gasteiger partial charge on any atom is -0.326 e. The number of anilines is 1. The van der Waals surface area contributed by atoms with Crippen molar-refractivity contribution in [1.82, 2.24) is 0 Å². The van der Waals surface area contributed by atoms with Crippen molar-refractivity contribution in [2.75, 3.05) is 5.32 Å². The summed E-state index contributed by atoms with van der Waals surface area (Å²) in [6, 6.07) is 9.33. The summed E-state index contributed by atoms with van der Waals surface area (Å²) in [5.74, 6) is -0.0620. The first kappa shape index (κ1) is 9.99. The molecule has 0 spiro atoms. The number of hydrogen-bond acceptors (Lipinski definition) is 1. The highest BCUT2D eigenvalue weighted by atomic mass is 79.9. The zero-order valence-electron chi connectivity index (χ0n) is 7.09. The Hall–Kier alpha value is -1.09. The van der Waals surface area contributed by atoms with Gasteiger partial charge in [0.1, 0.15) is 0 Å². The second-order valence-electron chi connectivity index (χ2n) is 2.61. The van der Waals surface area contributed by atoms with E-state index < -0.39 is 0 Å². The van der Waals surface area contributed by atoms with Gasteiger partial charge in [-0.05, 0) is 16.6 Å². The van der Waals surface area contributed by atoms with Crippen molar-refractivity contribution < 1.29 is 4.79 Å². The van der Waals surface area contributed by atoms with Crippen LogP contribution in [0.4, 0.5) is 5.69 Å². The number of amides is 1. The second-order valence-corrected chi connectivity index (χ2v) is 3.73. The van der Waals surface area contributed by atoms with Gasteiger partial charge in [-0.1, -0.05) is 40.7 Å². The summed E-state index contributed by atoms with van der Waals surface area (Å²) in [5.41, 5.74) is 0.807. The molecule has 0 aliphatic rings. The van der Waals surface area contributed by atoms with Crippen LogP contribution in [0.1, 0.15) is 6.42 Å². The summed E-state index contributed by atoms with van der Waals surface area (Å²) in [4.78, 5) is 11.2. The quantitative estimate of drug-likeness (QED) is 0.864. The van der Waals surface area contributed by atoms with Gasteiger partial charge in [-0.3, -0.25) is 4.79 Å². The second kappa shape index (κ2) is 4.82. The number of para-hydroxylation sites is 1. The summed E-state index contributed by atoms with van der Waals surface area (Å²) in [6.45, 7) is 3.59. The molecule has 0 radical (unpaired) electrons. The SMILES string of the molecule is C=C(Br)CC(=O)Nc1ccccc1. The van der Waals surface area contributed by atoms with Crippen LogP contribution >= 0.6 is 15.9 Å². The summed E-state index contributed by atoms with van der Waals surface area (Å²) in [5, 5.41) is 2.74. The van der Waals surface area contributed by atoms with Gasteiger partial charge in [-0.15, -0.1) is 0 Å². The van der Waals surface area contributed by atoms with E-state index in [1.807, 2.05) is 30.3 Å². The fraction of sp³-hybridized carbons (Fsp3) is 0.100. The molecule has 1 N–H and O–H groups in total. The van der Waals surface area contributed by atoms with E-state index in [0.29, 0.717) is 10.9 Å². The van der Waals surface area contributed by atoms with Crippen LogP contribution in [-0.2, 0) is 4.79 Å². The zero-order chi connectivity index (χ0) is 9.68. The van der Waals surface area contributed by atoms with Crippen LogP contribution in [0.25, 0.3) is 0 Å². The Bertz CT molecular complexity index is 308. The molecule has 0 aliphatic carbocycles. The smallest absolute Gasteiger partial charge is 0.229 e. The first-order chi connectivity index (χ1) is 6.18. The molecular formula is C10H10BrNO. The maximum absolute atomic E-state index is 11.2. The molecular weight excluding hydrogens is 230 g/mol. The molecule has 1 rings (SSSR count). The van der Waals surface area contributed by atoms with Crippen LogP contribution < -0.4 is 5.32 Å². The monoisotopic (exact) mass is 239 g/mol. The van der Waals surface area contributed by atoms with Gasteiger partial charge in [-0.25, -0.2) is 0 Å². The van der Waals surface area contributed by atoms with E-state index in [2.05, 4.69) is 27.8 Å². The number of rotatable bonds is 3. The van der Waals surface area contributed by atoms with Gasteiger partial charge in [0.25, 0.3) is 0 Å². The molecule has 0 aromatic heterocycles. The minimum absolute atomic E-state index is 0.0620. The third-order valence-electron chi connectivity index (χ3n) is 1.41. The highest BCUT2D eigenvalue weighted by Gasteiger charge is 2.01. The van der Waals surface area contributed by atoms with Gasteiger partial charge < -0.3 is 5.32 Å². The van der Waals surface area contributed by atoms with Crippen molar-refractivity contribution in [3.63, 3.8) is 0 Å². The average molecular weight is 240 g/mol. The Morgan fingerprint density at radius 3 is 2.54 bits per heavy atom. The summed E-state index contributed by atoms with van der Waals surface area (Å²) in [6.07, 6.45) is 0.300. The average Bonchev–Trinajstić information content (AvgIpc) is 2.04. The molecule has 0 saturated carbocycles. The maximum Gasteiger partial charge on any atom is 0.229 e. The molecule has 0 unspecified atom stereocenters. The Morgan fingerprint density at radius 1 is 1.38 bits per heavy atom. The first-order valence-corrected chi connectivity index (χ1v) is 4.66. The van der Waals surface area contributed by atoms with Crippen LogP contribution in [-0.4, -0.2) is 5.91 Å². The van der Waals surface area contributed by atoms with Gasteiger partial charge in [0.05, 0.1) is 6.42 Å². The number of carbonyl (C=O) groups excluding carboxylic acids is 1. The lowest BCUT2D eigenvalue weighted by molar-refractivity contribution is -0.115. The Morgan fingerprint density at radius 2 is 2.00 bits per heavy atom.